The van der Waals surface area contributed by atoms with E-state index in [2.05, 4.69) is 76.9 Å². The highest BCUT2D eigenvalue weighted by Gasteiger charge is 2.68. The van der Waals surface area contributed by atoms with Gasteiger partial charge in [-0.25, -0.2) is 0 Å². The fraction of sp³-hybridized carbons (Fsp3) is 0.625. The van der Waals surface area contributed by atoms with Gasteiger partial charge >= 0.3 is 7.12 Å². The minimum Gasteiger partial charge on any atom is -0.404 e. The molecule has 3 saturated carbocycles. The van der Waals surface area contributed by atoms with E-state index in [1.54, 1.807) is 12.1 Å². The van der Waals surface area contributed by atoms with Gasteiger partial charge in [0.15, 0.2) is 0 Å². The smallest absolute Gasteiger partial charge is 0.404 e. The quantitative estimate of drug-likeness (QED) is 0.0544. The maximum absolute atomic E-state index is 13.6. The first kappa shape index (κ1) is 52.1. The molecule has 0 spiro atoms. The van der Waals surface area contributed by atoms with Crippen molar-refractivity contribution in [2.24, 2.45) is 23.0 Å². The Morgan fingerprint density at radius 2 is 1.42 bits per heavy atom. The molecule has 17 nitrogen and oxygen atoms in total. The number of benzene rings is 2. The van der Waals surface area contributed by atoms with Crippen LogP contribution in [0.4, 0.5) is 0 Å². The minimum absolute atomic E-state index is 0.00761. The number of hydrogen-bond donors (Lipinski definition) is 9. The van der Waals surface area contributed by atoms with Crippen LogP contribution in [0.1, 0.15) is 116 Å². The topological polar surface area (TPSA) is 260 Å². The van der Waals surface area contributed by atoms with Gasteiger partial charge in [0.25, 0.3) is 5.91 Å². The van der Waals surface area contributed by atoms with Crippen molar-refractivity contribution in [1.82, 2.24) is 31.9 Å². The van der Waals surface area contributed by atoms with E-state index in [1.807, 2.05) is 19.1 Å². The average Bonchev–Trinajstić information content (AvgIpc) is 3.65. The van der Waals surface area contributed by atoms with Gasteiger partial charge in [0, 0.05) is 18.5 Å². The fourth-order valence-electron chi connectivity index (χ4n) is 9.49. The summed E-state index contributed by atoms with van der Waals surface area (Å²) in [4.78, 5) is 79.3. The number of carbonyl (C=O) groups excluding carboxylic acids is 6. The largest absolute Gasteiger partial charge is 0.484 e. The lowest BCUT2D eigenvalue weighted by molar-refractivity contribution is -0.199. The molecular formula is C48H72BN7O10. The van der Waals surface area contributed by atoms with E-state index in [0.29, 0.717) is 30.9 Å². The van der Waals surface area contributed by atoms with E-state index >= 15 is 0 Å². The molecule has 4 aliphatic rings. The van der Waals surface area contributed by atoms with E-state index in [0.717, 1.165) is 43.2 Å². The molecule has 3 aliphatic carbocycles. The second kappa shape index (κ2) is 23.2. The molecule has 0 radical (unpaired) electrons. The minimum atomic E-state index is -1.52. The van der Waals surface area contributed by atoms with Gasteiger partial charge in [-0.15, -0.1) is 0 Å². The summed E-state index contributed by atoms with van der Waals surface area (Å²) in [6.07, 6.45) is 4.68. The maximum Gasteiger partial charge on any atom is 0.484 e. The molecule has 2 bridgehead atoms. The summed E-state index contributed by atoms with van der Waals surface area (Å²) in [5.74, 6) is -3.94. The summed E-state index contributed by atoms with van der Waals surface area (Å²) in [6, 6.07) is 10.6. The zero-order valence-electron chi connectivity index (χ0n) is 39.6. The number of aliphatic hydroxyl groups is 2. The summed E-state index contributed by atoms with van der Waals surface area (Å²) in [5.41, 5.74) is 8.96. The van der Waals surface area contributed by atoms with Gasteiger partial charge in [-0.2, -0.15) is 0 Å². The summed E-state index contributed by atoms with van der Waals surface area (Å²) in [5, 5.41) is 36.4. The van der Waals surface area contributed by atoms with Crippen LogP contribution < -0.4 is 37.6 Å². The molecule has 66 heavy (non-hydrogen) atoms. The Labute approximate surface area is 389 Å². The van der Waals surface area contributed by atoms with Crippen LogP contribution in [0.2, 0.25) is 0 Å². The van der Waals surface area contributed by atoms with Crippen LogP contribution in [0, 0.1) is 17.3 Å². The van der Waals surface area contributed by atoms with Gasteiger partial charge in [0.05, 0.1) is 30.4 Å². The second-order valence-electron chi connectivity index (χ2n) is 19.1. The molecule has 2 aromatic carbocycles. The molecule has 362 valence electrons. The number of nitrogens with two attached hydrogens (primary N) is 1. The number of hydrogen-bond acceptors (Lipinski definition) is 11. The van der Waals surface area contributed by atoms with Gasteiger partial charge in [-0.05, 0) is 125 Å². The molecule has 4 fully saturated rings. The molecule has 0 aromatic heterocycles. The van der Waals surface area contributed by atoms with Crippen LogP contribution in [0.5, 0.6) is 0 Å². The van der Waals surface area contributed by atoms with Crippen molar-refractivity contribution < 1.29 is 48.3 Å². The number of aliphatic hydroxyl groups excluding tert-OH is 2. The first-order valence-electron chi connectivity index (χ1n) is 23.6. The van der Waals surface area contributed by atoms with Crippen molar-refractivity contribution in [2.75, 3.05) is 19.7 Å². The van der Waals surface area contributed by atoms with Crippen LogP contribution in [0.25, 0.3) is 11.1 Å². The fourth-order valence-corrected chi connectivity index (χ4v) is 9.49. The number of nitrogens with one attached hydrogen (secondary N) is 6. The van der Waals surface area contributed by atoms with E-state index in [9.17, 15) is 39.0 Å². The van der Waals surface area contributed by atoms with Gasteiger partial charge in [0.1, 0.15) is 24.2 Å². The standard InChI is InChI=1S/C48H72BN7O10/c1-8-9-12-31-14-16-32(17-15-31)33-18-20-34(21-19-33)44(62)51-24-22-40(59)54-36(13-10-11-23-50)45(63)56-41(30(4)58)46(64)53-28(2)42(60)52-29(3)43(61)55-39(27-57)49-65-38-26-35-25-37(47(35,5)6)48(38,7)66-49/h14-21,28-30,35-39,41,57-58H,8-13,22-27,50H2,1-7H3,(H,51,62)(H,52,60)(H,53,64)(H,54,59)(H,55,61)(H,56,63)/t28-,29-,30?,35-,36-,37-,38?,39-,41-,48-/m0/s1. The number of amides is 6. The predicted octanol–water partition coefficient (Wildman–Crippen LogP) is 2.05. The third-order valence-corrected chi connectivity index (χ3v) is 13.9. The Morgan fingerprint density at radius 1 is 0.803 bits per heavy atom. The molecule has 6 amide bonds. The lowest BCUT2D eigenvalue weighted by Crippen LogP contribution is -2.65. The zero-order valence-corrected chi connectivity index (χ0v) is 39.6. The molecular weight excluding hydrogens is 845 g/mol. The summed E-state index contributed by atoms with van der Waals surface area (Å²) < 4.78 is 12.6. The first-order chi connectivity index (χ1) is 31.3. The molecule has 10 N–H and O–H groups in total. The Hall–Kier alpha value is -4.88. The highest BCUT2D eigenvalue weighted by Crippen LogP contribution is 2.65. The van der Waals surface area contributed by atoms with Crippen molar-refractivity contribution in [1.29, 1.82) is 0 Å². The zero-order chi connectivity index (χ0) is 48.3. The van der Waals surface area contributed by atoms with Crippen LogP contribution in [-0.2, 0) is 39.7 Å². The third kappa shape index (κ3) is 12.8. The van der Waals surface area contributed by atoms with E-state index < -0.39 is 85.1 Å². The third-order valence-electron chi connectivity index (χ3n) is 13.9. The lowest BCUT2D eigenvalue weighted by Gasteiger charge is -2.64. The summed E-state index contributed by atoms with van der Waals surface area (Å²) >= 11 is 0. The van der Waals surface area contributed by atoms with Crippen molar-refractivity contribution >= 4 is 42.6 Å². The van der Waals surface area contributed by atoms with Crippen molar-refractivity contribution in [3.05, 3.63) is 59.7 Å². The Bertz CT molecular complexity index is 2000. The highest BCUT2D eigenvalue weighted by atomic mass is 16.7. The van der Waals surface area contributed by atoms with Gasteiger partial charge in [0.2, 0.25) is 29.5 Å². The maximum atomic E-state index is 13.6. The second-order valence-corrected chi connectivity index (χ2v) is 19.1. The van der Waals surface area contributed by atoms with Crippen molar-refractivity contribution in [2.45, 2.75) is 154 Å². The first-order valence-corrected chi connectivity index (χ1v) is 23.6. The van der Waals surface area contributed by atoms with Gasteiger partial charge in [-0.3, -0.25) is 28.8 Å². The summed E-state index contributed by atoms with van der Waals surface area (Å²) in [7, 11) is -0.877. The predicted molar refractivity (Wildman–Crippen MR) is 250 cm³/mol. The normalized spacial score (nSPS) is 23.1. The Morgan fingerprint density at radius 3 is 2.02 bits per heavy atom. The molecule has 18 heteroatoms. The van der Waals surface area contributed by atoms with E-state index in [4.69, 9.17) is 15.0 Å². The number of unbranched alkanes of at least 4 members (excludes halogenated alkanes) is 2. The van der Waals surface area contributed by atoms with E-state index in [1.165, 1.54) is 26.3 Å². The van der Waals surface area contributed by atoms with E-state index in [-0.39, 0.29) is 42.7 Å². The molecule has 1 aliphatic heterocycles. The van der Waals surface area contributed by atoms with Crippen LogP contribution in [0.3, 0.4) is 0 Å². The van der Waals surface area contributed by atoms with Crippen LogP contribution in [0.15, 0.2) is 48.5 Å². The Kier molecular flexibility index (Phi) is 18.3. The average molecular weight is 918 g/mol. The van der Waals surface area contributed by atoms with Crippen LogP contribution in [-0.4, -0.2) is 120 Å². The molecule has 10 atom stereocenters. The van der Waals surface area contributed by atoms with Gasteiger partial charge < -0.3 is 57.2 Å². The molecule has 1 saturated heterocycles. The Balaban J connectivity index is 1.07. The SMILES string of the molecule is CCCCc1ccc(-c2ccc(C(=O)NCCC(=O)N[C@@H](CCCCN)C(=O)N[C@H](C(=O)N[C@@H](C)C(=O)N[C@@H](C)C(=O)N[C@@H](CO)B3OC4C[C@@H]5C[C@@H](C5(C)C)[C@]4(C)O3)C(C)O)cc2)cc1. The monoisotopic (exact) mass is 918 g/mol. The summed E-state index contributed by atoms with van der Waals surface area (Å²) in [6.45, 7) is 12.7. The van der Waals surface area contributed by atoms with Crippen LogP contribution >= 0.6 is 0 Å². The number of carbonyl (C=O) groups is 6. The van der Waals surface area contributed by atoms with Crippen molar-refractivity contribution in [3.63, 3.8) is 0 Å². The number of rotatable bonds is 24. The highest BCUT2D eigenvalue weighted by molar-refractivity contribution is 6.48. The molecule has 6 rings (SSSR count). The number of aryl methyl sites for hydroxylation is 1. The molecule has 2 aromatic rings. The van der Waals surface area contributed by atoms with Gasteiger partial charge in [-0.1, -0.05) is 63.6 Å². The lowest BCUT2D eigenvalue weighted by atomic mass is 9.43. The molecule has 1 heterocycles. The molecule has 2 unspecified atom stereocenters. The van der Waals surface area contributed by atoms with Crippen molar-refractivity contribution in [3.8, 4) is 11.1 Å².